The second kappa shape index (κ2) is 12.0. The highest BCUT2D eigenvalue weighted by atomic mass is 127. The van der Waals surface area contributed by atoms with Crippen LogP contribution in [0.2, 0.25) is 0 Å². The summed E-state index contributed by atoms with van der Waals surface area (Å²) in [7, 11) is 3.96. The van der Waals surface area contributed by atoms with Crippen LogP contribution in [0.5, 0.6) is 0 Å². The van der Waals surface area contributed by atoms with Gasteiger partial charge < -0.3 is 19.9 Å². The first-order chi connectivity index (χ1) is 12.5. The molecule has 7 nitrogen and oxygen atoms in total. The highest BCUT2D eigenvalue weighted by Gasteiger charge is 2.27. The molecule has 1 aliphatic heterocycles. The van der Waals surface area contributed by atoms with E-state index in [2.05, 4.69) is 28.2 Å². The van der Waals surface area contributed by atoms with Gasteiger partial charge in [-0.15, -0.1) is 24.0 Å². The Morgan fingerprint density at radius 1 is 1.37 bits per heavy atom. The first-order valence-electron chi connectivity index (χ1n) is 9.37. The van der Waals surface area contributed by atoms with Gasteiger partial charge in [0.1, 0.15) is 5.82 Å². The second-order valence-corrected chi connectivity index (χ2v) is 6.60. The third kappa shape index (κ3) is 7.15. The summed E-state index contributed by atoms with van der Waals surface area (Å²) in [5.74, 6) is 1.77. The third-order valence-corrected chi connectivity index (χ3v) is 4.43. The maximum Gasteiger partial charge on any atom is 0.309 e. The van der Waals surface area contributed by atoms with Crippen molar-refractivity contribution in [1.82, 2.24) is 15.2 Å². The lowest BCUT2D eigenvalue weighted by Crippen LogP contribution is -2.46. The van der Waals surface area contributed by atoms with Crippen LogP contribution in [0.25, 0.3) is 0 Å². The zero-order valence-electron chi connectivity index (χ0n) is 16.8. The summed E-state index contributed by atoms with van der Waals surface area (Å²) in [5, 5.41) is 3.36. The lowest BCUT2D eigenvalue weighted by Gasteiger charge is -2.33. The average Bonchev–Trinajstić information content (AvgIpc) is 2.65. The Morgan fingerprint density at radius 3 is 2.67 bits per heavy atom. The predicted octanol–water partition coefficient (Wildman–Crippen LogP) is 2.51. The number of halogens is 1. The summed E-state index contributed by atoms with van der Waals surface area (Å²) in [4.78, 5) is 25.2. The van der Waals surface area contributed by atoms with Crippen LogP contribution in [0.15, 0.2) is 23.3 Å². The predicted molar refractivity (Wildman–Crippen MR) is 120 cm³/mol. The van der Waals surface area contributed by atoms with Gasteiger partial charge in [-0.3, -0.25) is 4.79 Å². The van der Waals surface area contributed by atoms with E-state index in [4.69, 9.17) is 9.73 Å². The van der Waals surface area contributed by atoms with E-state index in [1.807, 2.05) is 38.2 Å². The molecular formula is C19H32IN5O2. The van der Waals surface area contributed by atoms with E-state index in [0.29, 0.717) is 13.2 Å². The van der Waals surface area contributed by atoms with E-state index in [9.17, 15) is 4.79 Å². The molecule has 27 heavy (non-hydrogen) atoms. The summed E-state index contributed by atoms with van der Waals surface area (Å²) < 4.78 is 5.15. The van der Waals surface area contributed by atoms with Crippen LogP contribution in [0, 0.1) is 5.92 Å². The number of nitrogens with one attached hydrogen (secondary N) is 1. The number of ether oxygens (including phenoxy) is 1. The minimum absolute atomic E-state index is 0. The number of likely N-dealkylation sites (tertiary alicyclic amines) is 1. The molecule has 1 aromatic heterocycles. The summed E-state index contributed by atoms with van der Waals surface area (Å²) in [6.45, 7) is 7.41. The number of carbonyl (C=O) groups excluding carboxylic acids is 1. The van der Waals surface area contributed by atoms with Gasteiger partial charge in [0.2, 0.25) is 0 Å². The normalized spacial score (nSPS) is 15.1. The highest BCUT2D eigenvalue weighted by molar-refractivity contribution is 14.0. The molecule has 0 aliphatic carbocycles. The first-order valence-corrected chi connectivity index (χ1v) is 9.37. The molecule has 1 fully saturated rings. The molecule has 1 saturated heterocycles. The Balaban J connectivity index is 0.00000364. The number of guanidine groups is 1. The quantitative estimate of drug-likeness (QED) is 0.287. The molecule has 0 radical (unpaired) electrons. The van der Waals surface area contributed by atoms with E-state index in [1.165, 1.54) is 0 Å². The van der Waals surface area contributed by atoms with Gasteiger partial charge in [0.15, 0.2) is 5.96 Å². The number of rotatable bonds is 6. The van der Waals surface area contributed by atoms with Crippen molar-refractivity contribution in [2.45, 2.75) is 33.2 Å². The lowest BCUT2D eigenvalue weighted by atomic mass is 9.97. The molecule has 0 aromatic carbocycles. The van der Waals surface area contributed by atoms with Gasteiger partial charge >= 0.3 is 5.97 Å². The molecule has 1 N–H and O–H groups in total. The number of aromatic nitrogens is 1. The van der Waals surface area contributed by atoms with Crippen LogP contribution in [-0.4, -0.2) is 62.1 Å². The standard InChI is InChI=1S/C19H31N5O2.HI/c1-5-20-19(22-14-15-7-10-21-17(13-15)23(3)4)24-11-8-16(9-12-24)18(25)26-6-2;/h7,10,13,16H,5-6,8-9,11-12,14H2,1-4H3,(H,20,22);1H. The minimum atomic E-state index is -0.0675. The first kappa shape index (κ1) is 23.5. The number of hydrogen-bond acceptors (Lipinski definition) is 5. The van der Waals surface area contributed by atoms with Gasteiger partial charge in [-0.2, -0.15) is 0 Å². The SMILES string of the molecule is CCNC(=NCc1ccnc(N(C)C)c1)N1CCC(C(=O)OCC)CC1.I. The van der Waals surface area contributed by atoms with E-state index < -0.39 is 0 Å². The van der Waals surface area contributed by atoms with Crippen LogP contribution in [0.1, 0.15) is 32.3 Å². The van der Waals surface area contributed by atoms with Gasteiger partial charge in [0, 0.05) is 39.9 Å². The van der Waals surface area contributed by atoms with Crippen LogP contribution < -0.4 is 10.2 Å². The van der Waals surface area contributed by atoms with E-state index in [0.717, 1.165) is 49.8 Å². The van der Waals surface area contributed by atoms with Gasteiger partial charge in [0.05, 0.1) is 19.1 Å². The third-order valence-electron chi connectivity index (χ3n) is 4.43. The molecule has 8 heteroatoms. The summed E-state index contributed by atoms with van der Waals surface area (Å²) in [6.07, 6.45) is 3.44. The van der Waals surface area contributed by atoms with Crippen LogP contribution in [0.4, 0.5) is 5.82 Å². The van der Waals surface area contributed by atoms with Gasteiger partial charge in [-0.1, -0.05) is 0 Å². The highest BCUT2D eigenvalue weighted by Crippen LogP contribution is 2.19. The zero-order chi connectivity index (χ0) is 18.9. The van der Waals surface area contributed by atoms with Crippen molar-refractivity contribution in [2.24, 2.45) is 10.9 Å². The minimum Gasteiger partial charge on any atom is -0.466 e. The average molecular weight is 489 g/mol. The van der Waals surface area contributed by atoms with Gasteiger partial charge in [0.25, 0.3) is 0 Å². The molecule has 152 valence electrons. The van der Waals surface area contributed by atoms with Crippen LogP contribution in [-0.2, 0) is 16.1 Å². The van der Waals surface area contributed by atoms with Crippen LogP contribution >= 0.6 is 24.0 Å². The molecule has 2 rings (SSSR count). The van der Waals surface area contributed by atoms with E-state index >= 15 is 0 Å². The van der Waals surface area contributed by atoms with Crippen molar-refractivity contribution >= 4 is 41.7 Å². The van der Waals surface area contributed by atoms with Crippen molar-refractivity contribution in [3.05, 3.63) is 23.9 Å². The molecule has 0 unspecified atom stereocenters. The Bertz CT molecular complexity index is 616. The van der Waals surface area contributed by atoms with Crippen molar-refractivity contribution < 1.29 is 9.53 Å². The number of hydrogen-bond donors (Lipinski definition) is 1. The summed E-state index contributed by atoms with van der Waals surface area (Å²) >= 11 is 0. The number of pyridine rings is 1. The molecule has 0 amide bonds. The second-order valence-electron chi connectivity index (χ2n) is 6.60. The van der Waals surface area contributed by atoms with Gasteiger partial charge in [-0.25, -0.2) is 9.98 Å². The molecule has 0 atom stereocenters. The fraction of sp³-hybridized carbons (Fsp3) is 0.632. The molecule has 2 heterocycles. The number of anilines is 1. The summed E-state index contributed by atoms with van der Waals surface area (Å²) in [6, 6.07) is 4.05. The Hall–Kier alpha value is -1.58. The summed E-state index contributed by atoms with van der Waals surface area (Å²) in [5.41, 5.74) is 1.13. The number of nitrogens with zero attached hydrogens (tertiary/aromatic N) is 4. The van der Waals surface area contributed by atoms with Gasteiger partial charge in [-0.05, 0) is 44.4 Å². The number of carbonyl (C=O) groups is 1. The molecule has 1 aromatic rings. The number of piperidine rings is 1. The number of esters is 1. The maximum atomic E-state index is 11.9. The molecule has 0 spiro atoms. The molecular weight excluding hydrogens is 457 g/mol. The maximum absolute atomic E-state index is 11.9. The smallest absolute Gasteiger partial charge is 0.309 e. The van der Waals surface area contributed by atoms with Crippen molar-refractivity contribution in [1.29, 1.82) is 0 Å². The van der Waals surface area contributed by atoms with Crippen LogP contribution in [0.3, 0.4) is 0 Å². The molecule has 0 saturated carbocycles. The van der Waals surface area contributed by atoms with Crippen molar-refractivity contribution in [3.8, 4) is 0 Å². The van der Waals surface area contributed by atoms with E-state index in [1.54, 1.807) is 0 Å². The van der Waals surface area contributed by atoms with E-state index in [-0.39, 0.29) is 35.9 Å². The zero-order valence-corrected chi connectivity index (χ0v) is 19.1. The lowest BCUT2D eigenvalue weighted by molar-refractivity contribution is -0.149. The topological polar surface area (TPSA) is 70.1 Å². The monoisotopic (exact) mass is 489 g/mol. The Morgan fingerprint density at radius 2 is 2.07 bits per heavy atom. The Labute approximate surface area is 179 Å². The fourth-order valence-corrected chi connectivity index (χ4v) is 2.98. The fourth-order valence-electron chi connectivity index (χ4n) is 2.98. The van der Waals surface area contributed by atoms with Crippen molar-refractivity contribution in [3.63, 3.8) is 0 Å². The largest absolute Gasteiger partial charge is 0.466 e. The van der Waals surface area contributed by atoms with Crippen molar-refractivity contribution in [2.75, 3.05) is 45.2 Å². The molecule has 0 bridgehead atoms. The molecule has 1 aliphatic rings. The Kier molecular flexibility index (Phi) is 10.4. The number of aliphatic imine (C=N–C) groups is 1.